The molecule has 0 radical (unpaired) electrons. The molecule has 98 valence electrons. The van der Waals surface area contributed by atoms with E-state index in [0.717, 1.165) is 0 Å². The highest BCUT2D eigenvalue weighted by Crippen LogP contribution is 2.10. The maximum atomic E-state index is 11.9. The molecule has 0 unspecified atom stereocenters. The molecule has 0 aliphatic rings. The van der Waals surface area contributed by atoms with E-state index >= 15 is 0 Å². The molecular weight excluding hydrogens is 256 g/mol. The van der Waals surface area contributed by atoms with Crippen molar-refractivity contribution in [3.63, 3.8) is 0 Å². The Labute approximate surface area is 114 Å². The minimum absolute atomic E-state index is 0.203. The van der Waals surface area contributed by atoms with E-state index in [9.17, 15) is 4.79 Å². The summed E-state index contributed by atoms with van der Waals surface area (Å²) in [6.07, 6.45) is 7.83. The van der Waals surface area contributed by atoms with Crippen LogP contribution in [0.5, 0.6) is 0 Å². The topological polar surface area (TPSA) is 85.6 Å². The molecule has 1 amide bonds. The standard InChI is InChI=1S/C13H10N6O/c20-13(10-3-5-14-6-4-10)18-11-1-2-12(15-7-11)19-8-16-17-9-19/h1-9H,(H,18,20). The van der Waals surface area contributed by atoms with Crippen LogP contribution in [0.4, 0.5) is 5.69 Å². The van der Waals surface area contributed by atoms with Crippen LogP contribution < -0.4 is 5.32 Å². The molecule has 0 saturated carbocycles. The summed E-state index contributed by atoms with van der Waals surface area (Å²) >= 11 is 0. The molecule has 3 aromatic rings. The van der Waals surface area contributed by atoms with Crippen molar-refractivity contribution in [2.45, 2.75) is 0 Å². The number of pyridine rings is 2. The van der Waals surface area contributed by atoms with Crippen LogP contribution in [0.25, 0.3) is 5.82 Å². The van der Waals surface area contributed by atoms with E-state index in [0.29, 0.717) is 17.1 Å². The monoisotopic (exact) mass is 266 g/mol. The van der Waals surface area contributed by atoms with Crippen LogP contribution in [0.3, 0.4) is 0 Å². The number of hydrogen-bond donors (Lipinski definition) is 1. The number of anilines is 1. The third-order valence-electron chi connectivity index (χ3n) is 2.63. The Morgan fingerprint density at radius 1 is 1.05 bits per heavy atom. The highest BCUT2D eigenvalue weighted by atomic mass is 16.1. The van der Waals surface area contributed by atoms with Gasteiger partial charge >= 0.3 is 0 Å². The Kier molecular flexibility index (Phi) is 3.15. The van der Waals surface area contributed by atoms with Crippen molar-refractivity contribution >= 4 is 11.6 Å². The van der Waals surface area contributed by atoms with Gasteiger partial charge in [-0.05, 0) is 24.3 Å². The van der Waals surface area contributed by atoms with Crippen LogP contribution in [0.1, 0.15) is 10.4 Å². The van der Waals surface area contributed by atoms with Gasteiger partial charge in [0.1, 0.15) is 18.5 Å². The van der Waals surface area contributed by atoms with Gasteiger partial charge in [0.2, 0.25) is 0 Å². The van der Waals surface area contributed by atoms with Crippen molar-refractivity contribution in [3.05, 3.63) is 61.1 Å². The highest BCUT2D eigenvalue weighted by Gasteiger charge is 2.06. The average molecular weight is 266 g/mol. The Hall–Kier alpha value is -3.09. The molecule has 0 fully saturated rings. The van der Waals surface area contributed by atoms with Crippen LogP contribution in [-0.4, -0.2) is 30.6 Å². The lowest BCUT2D eigenvalue weighted by Crippen LogP contribution is -2.12. The number of carbonyl (C=O) groups excluding carboxylic acids is 1. The first-order valence-corrected chi connectivity index (χ1v) is 5.85. The average Bonchev–Trinajstić information content (AvgIpc) is 3.03. The fourth-order valence-electron chi connectivity index (χ4n) is 1.64. The Bertz CT molecular complexity index is 693. The van der Waals surface area contributed by atoms with Gasteiger partial charge in [-0.2, -0.15) is 0 Å². The molecule has 7 nitrogen and oxygen atoms in total. The molecule has 0 saturated heterocycles. The summed E-state index contributed by atoms with van der Waals surface area (Å²) in [6.45, 7) is 0. The zero-order valence-electron chi connectivity index (χ0n) is 10.3. The number of hydrogen-bond acceptors (Lipinski definition) is 5. The second-order valence-corrected chi connectivity index (χ2v) is 3.96. The molecule has 0 atom stereocenters. The smallest absolute Gasteiger partial charge is 0.255 e. The first kappa shape index (κ1) is 12.0. The van der Waals surface area contributed by atoms with Gasteiger partial charge in [0, 0.05) is 18.0 Å². The van der Waals surface area contributed by atoms with E-state index in [4.69, 9.17) is 0 Å². The minimum atomic E-state index is -0.203. The van der Waals surface area contributed by atoms with E-state index < -0.39 is 0 Å². The van der Waals surface area contributed by atoms with Crippen LogP contribution in [0.15, 0.2) is 55.5 Å². The minimum Gasteiger partial charge on any atom is -0.321 e. The summed E-state index contributed by atoms with van der Waals surface area (Å²) < 4.78 is 1.68. The number of nitrogens with zero attached hydrogens (tertiary/aromatic N) is 5. The molecule has 3 rings (SSSR count). The van der Waals surface area contributed by atoms with Gasteiger partial charge in [-0.25, -0.2) is 4.98 Å². The van der Waals surface area contributed by atoms with E-state index in [2.05, 4.69) is 25.5 Å². The van der Waals surface area contributed by atoms with Gasteiger partial charge in [0.15, 0.2) is 0 Å². The van der Waals surface area contributed by atoms with Crippen LogP contribution >= 0.6 is 0 Å². The van der Waals surface area contributed by atoms with Crippen molar-refractivity contribution in [3.8, 4) is 5.82 Å². The summed E-state index contributed by atoms with van der Waals surface area (Å²) in [6, 6.07) is 6.83. The summed E-state index contributed by atoms with van der Waals surface area (Å²) in [7, 11) is 0. The fourth-order valence-corrected chi connectivity index (χ4v) is 1.64. The lowest BCUT2D eigenvalue weighted by atomic mass is 10.2. The Morgan fingerprint density at radius 2 is 1.80 bits per heavy atom. The molecule has 3 heterocycles. The van der Waals surface area contributed by atoms with Crippen molar-refractivity contribution in [1.29, 1.82) is 0 Å². The molecule has 3 aromatic heterocycles. The van der Waals surface area contributed by atoms with Gasteiger partial charge in [-0.1, -0.05) is 0 Å². The van der Waals surface area contributed by atoms with Crippen molar-refractivity contribution in [2.24, 2.45) is 0 Å². The summed E-state index contributed by atoms with van der Waals surface area (Å²) in [5.41, 5.74) is 1.16. The van der Waals surface area contributed by atoms with E-state index in [1.807, 2.05) is 0 Å². The summed E-state index contributed by atoms with van der Waals surface area (Å²) in [4.78, 5) is 20.0. The van der Waals surface area contributed by atoms with Gasteiger partial charge in [0.05, 0.1) is 11.9 Å². The van der Waals surface area contributed by atoms with Crippen LogP contribution in [0.2, 0.25) is 0 Å². The fraction of sp³-hybridized carbons (Fsp3) is 0. The first-order valence-electron chi connectivity index (χ1n) is 5.85. The van der Waals surface area contributed by atoms with Crippen molar-refractivity contribution in [2.75, 3.05) is 5.32 Å². The largest absolute Gasteiger partial charge is 0.321 e. The van der Waals surface area contributed by atoms with Gasteiger partial charge < -0.3 is 5.32 Å². The highest BCUT2D eigenvalue weighted by molar-refractivity contribution is 6.04. The van der Waals surface area contributed by atoms with Crippen LogP contribution in [0, 0.1) is 0 Å². The zero-order valence-corrected chi connectivity index (χ0v) is 10.3. The summed E-state index contributed by atoms with van der Waals surface area (Å²) in [5, 5.41) is 10.2. The van der Waals surface area contributed by atoms with Gasteiger partial charge in [0.25, 0.3) is 5.91 Å². The zero-order chi connectivity index (χ0) is 13.8. The van der Waals surface area contributed by atoms with Gasteiger partial charge in [-0.15, -0.1) is 10.2 Å². The second-order valence-electron chi connectivity index (χ2n) is 3.96. The van der Waals surface area contributed by atoms with Gasteiger partial charge in [-0.3, -0.25) is 14.3 Å². The van der Waals surface area contributed by atoms with Crippen molar-refractivity contribution in [1.82, 2.24) is 24.7 Å². The lowest BCUT2D eigenvalue weighted by molar-refractivity contribution is 0.102. The third-order valence-corrected chi connectivity index (χ3v) is 2.63. The second kappa shape index (κ2) is 5.27. The van der Waals surface area contributed by atoms with E-state index in [1.54, 1.807) is 60.1 Å². The van der Waals surface area contributed by atoms with E-state index in [1.165, 1.54) is 0 Å². The molecular formula is C13H10N6O. The number of nitrogens with one attached hydrogen (secondary N) is 1. The maximum Gasteiger partial charge on any atom is 0.255 e. The number of amides is 1. The normalized spacial score (nSPS) is 10.2. The number of carbonyl (C=O) groups is 1. The predicted molar refractivity (Wildman–Crippen MR) is 71.3 cm³/mol. The van der Waals surface area contributed by atoms with E-state index in [-0.39, 0.29) is 5.91 Å². The molecule has 0 bridgehead atoms. The SMILES string of the molecule is O=C(Nc1ccc(-n2cnnc2)nc1)c1ccncc1. The molecule has 20 heavy (non-hydrogen) atoms. The third kappa shape index (κ3) is 2.51. The molecule has 0 aliphatic carbocycles. The summed E-state index contributed by atoms with van der Waals surface area (Å²) in [5.74, 6) is 0.475. The maximum absolute atomic E-state index is 11.9. The molecule has 0 aromatic carbocycles. The number of rotatable bonds is 3. The molecule has 1 N–H and O–H groups in total. The molecule has 0 aliphatic heterocycles. The molecule has 7 heteroatoms. The number of aromatic nitrogens is 5. The van der Waals surface area contributed by atoms with Crippen LogP contribution in [-0.2, 0) is 0 Å². The Morgan fingerprint density at radius 3 is 2.45 bits per heavy atom. The Balaban J connectivity index is 1.74. The quantitative estimate of drug-likeness (QED) is 0.772. The first-order chi connectivity index (χ1) is 9.83. The lowest BCUT2D eigenvalue weighted by Gasteiger charge is -2.05. The molecule has 0 spiro atoms. The van der Waals surface area contributed by atoms with Crippen molar-refractivity contribution < 1.29 is 4.79 Å². The predicted octanol–water partition coefficient (Wildman–Crippen LogP) is 1.31.